The van der Waals surface area contributed by atoms with Crippen LogP contribution in [0.1, 0.15) is 30.8 Å². The zero-order chi connectivity index (χ0) is 21.5. The van der Waals surface area contributed by atoms with E-state index in [1.54, 1.807) is 10.7 Å². The van der Waals surface area contributed by atoms with E-state index in [9.17, 15) is 18.0 Å². The number of aromatic amines is 1. The number of hydrogen-bond acceptors (Lipinski definition) is 5. The lowest BCUT2D eigenvalue weighted by molar-refractivity contribution is -0.274. The van der Waals surface area contributed by atoms with Gasteiger partial charge in [-0.3, -0.25) is 4.79 Å². The van der Waals surface area contributed by atoms with Gasteiger partial charge in [0.2, 0.25) is 0 Å². The monoisotopic (exact) mass is 419 g/mol. The van der Waals surface area contributed by atoms with E-state index in [4.69, 9.17) is 0 Å². The van der Waals surface area contributed by atoms with E-state index < -0.39 is 6.36 Å². The first-order valence-corrected chi connectivity index (χ1v) is 9.42. The molecule has 7 nitrogen and oxygen atoms in total. The highest BCUT2D eigenvalue weighted by Gasteiger charge is 2.32. The molecule has 0 radical (unpaired) electrons. The van der Waals surface area contributed by atoms with Crippen molar-refractivity contribution >= 4 is 11.0 Å². The number of allylic oxidation sites excluding steroid dienone is 1. The maximum atomic E-state index is 12.7. The third kappa shape index (κ3) is 4.03. The van der Waals surface area contributed by atoms with Crippen LogP contribution in [0.4, 0.5) is 13.2 Å². The molecule has 3 aromatic rings. The molecular formula is C20H20F3N5O2. The highest BCUT2D eigenvalue weighted by atomic mass is 19.4. The highest BCUT2D eigenvalue weighted by Crippen LogP contribution is 2.28. The second-order valence-corrected chi connectivity index (χ2v) is 7.30. The number of fused-ring (bicyclic) bond motifs is 1. The summed E-state index contributed by atoms with van der Waals surface area (Å²) in [7, 11) is 0. The molecule has 30 heavy (non-hydrogen) atoms. The smallest absolute Gasteiger partial charge is 0.405 e. The van der Waals surface area contributed by atoms with Crippen molar-refractivity contribution in [1.29, 1.82) is 0 Å². The van der Waals surface area contributed by atoms with Gasteiger partial charge in [-0.1, -0.05) is 24.8 Å². The summed E-state index contributed by atoms with van der Waals surface area (Å²) in [5, 5.41) is 4.69. The van der Waals surface area contributed by atoms with Crippen LogP contribution in [-0.2, 0) is 6.42 Å². The first-order chi connectivity index (χ1) is 14.2. The average molecular weight is 419 g/mol. The van der Waals surface area contributed by atoms with Gasteiger partial charge in [-0.25, -0.2) is 9.67 Å². The van der Waals surface area contributed by atoms with Crippen molar-refractivity contribution in [3.05, 3.63) is 64.5 Å². The summed E-state index contributed by atoms with van der Waals surface area (Å²) < 4.78 is 43.9. The number of aromatic nitrogens is 4. The lowest BCUT2D eigenvalue weighted by atomic mass is 10.1. The van der Waals surface area contributed by atoms with Crippen molar-refractivity contribution in [3.63, 3.8) is 0 Å². The van der Waals surface area contributed by atoms with Gasteiger partial charge >= 0.3 is 6.36 Å². The molecule has 1 fully saturated rings. The number of ether oxygens (including phenoxy) is 1. The summed E-state index contributed by atoms with van der Waals surface area (Å²) in [6.07, 6.45) is -2.53. The van der Waals surface area contributed by atoms with Crippen LogP contribution in [-0.4, -0.2) is 44.1 Å². The van der Waals surface area contributed by atoms with Crippen LogP contribution < -0.4 is 10.3 Å². The molecule has 0 bridgehead atoms. The number of rotatable bonds is 5. The Morgan fingerprint density at radius 3 is 2.83 bits per heavy atom. The van der Waals surface area contributed by atoms with Crippen molar-refractivity contribution in [2.45, 2.75) is 32.2 Å². The molecule has 1 aliphatic rings. The lowest BCUT2D eigenvalue weighted by Crippen LogP contribution is -2.20. The van der Waals surface area contributed by atoms with E-state index in [-0.39, 0.29) is 35.2 Å². The Morgan fingerprint density at radius 1 is 1.37 bits per heavy atom. The first kappa shape index (κ1) is 20.0. The summed E-state index contributed by atoms with van der Waals surface area (Å²) in [6, 6.07) is 5.82. The standard InChI is InChI=1S/C20H20F3N5O2/c1-12(2)27-8-7-14(11-27)28-18-15(10-24-28)19(29)26-17(25-18)9-13-5-3-4-6-16(13)30-20(21,22)23/h3-6,10,14H,1,7-9,11H2,2H3,(H,25,26,29). The molecule has 1 aromatic carbocycles. The van der Waals surface area contributed by atoms with Crippen LogP contribution in [0.2, 0.25) is 0 Å². The Kier molecular flexibility index (Phi) is 5.00. The molecule has 10 heteroatoms. The molecule has 2 aromatic heterocycles. The van der Waals surface area contributed by atoms with Crippen molar-refractivity contribution in [1.82, 2.24) is 24.6 Å². The van der Waals surface area contributed by atoms with Crippen LogP contribution >= 0.6 is 0 Å². The van der Waals surface area contributed by atoms with Gasteiger partial charge in [0.05, 0.1) is 12.2 Å². The minimum absolute atomic E-state index is 0.0226. The maximum Gasteiger partial charge on any atom is 0.573 e. The van der Waals surface area contributed by atoms with Crippen molar-refractivity contribution in [2.24, 2.45) is 0 Å². The second-order valence-electron chi connectivity index (χ2n) is 7.30. The lowest BCUT2D eigenvalue weighted by Gasteiger charge is -2.18. The van der Waals surface area contributed by atoms with Gasteiger partial charge < -0.3 is 14.6 Å². The summed E-state index contributed by atoms with van der Waals surface area (Å²) in [5.41, 5.74) is 1.25. The number of H-pyrrole nitrogens is 1. The van der Waals surface area contributed by atoms with Crippen LogP contribution in [0.3, 0.4) is 0 Å². The van der Waals surface area contributed by atoms with E-state index in [1.165, 1.54) is 24.4 Å². The molecule has 158 valence electrons. The fraction of sp³-hybridized carbons (Fsp3) is 0.350. The van der Waals surface area contributed by atoms with E-state index in [2.05, 4.69) is 31.3 Å². The molecule has 1 atom stereocenters. The van der Waals surface area contributed by atoms with Gasteiger partial charge in [0.25, 0.3) is 5.56 Å². The van der Waals surface area contributed by atoms with E-state index in [1.807, 2.05) is 6.92 Å². The molecule has 0 saturated carbocycles. The van der Waals surface area contributed by atoms with Gasteiger partial charge in [-0.05, 0) is 19.4 Å². The van der Waals surface area contributed by atoms with Crippen LogP contribution in [0.15, 0.2) is 47.5 Å². The second kappa shape index (κ2) is 7.51. The van der Waals surface area contributed by atoms with Gasteiger partial charge in [0.1, 0.15) is 17.0 Å². The molecule has 0 aliphatic carbocycles. The summed E-state index contributed by atoms with van der Waals surface area (Å²) in [5.74, 6) is -0.0867. The quantitative estimate of drug-likeness (QED) is 0.686. The van der Waals surface area contributed by atoms with Gasteiger partial charge in [-0.15, -0.1) is 13.2 Å². The van der Waals surface area contributed by atoms with Gasteiger partial charge in [0, 0.05) is 30.8 Å². The largest absolute Gasteiger partial charge is 0.573 e. The van der Waals surface area contributed by atoms with Crippen molar-refractivity contribution in [2.75, 3.05) is 13.1 Å². The molecule has 1 N–H and O–H groups in total. The van der Waals surface area contributed by atoms with Gasteiger partial charge in [-0.2, -0.15) is 5.10 Å². The Bertz CT molecular complexity index is 1150. The summed E-state index contributed by atoms with van der Waals surface area (Å²) in [6.45, 7) is 7.43. The average Bonchev–Trinajstić information content (AvgIpc) is 3.29. The Balaban J connectivity index is 1.67. The Morgan fingerprint density at radius 2 is 2.13 bits per heavy atom. The molecule has 0 amide bonds. The normalized spacial score (nSPS) is 16.9. The number of alkyl halides is 3. The molecule has 4 rings (SSSR count). The number of nitrogens with one attached hydrogen (secondary N) is 1. The topological polar surface area (TPSA) is 76.0 Å². The fourth-order valence-electron chi connectivity index (χ4n) is 3.68. The van der Waals surface area contributed by atoms with E-state index in [0.717, 1.165) is 18.7 Å². The van der Waals surface area contributed by atoms with E-state index >= 15 is 0 Å². The Labute approximate surface area is 169 Å². The SMILES string of the molecule is C=C(C)N1CCC(n2ncc3c(=O)[nH]c(Cc4ccccc4OC(F)(F)F)nc32)C1. The maximum absolute atomic E-state index is 12.7. The van der Waals surface area contributed by atoms with Gasteiger partial charge in [0.15, 0.2) is 5.65 Å². The third-order valence-electron chi connectivity index (χ3n) is 5.12. The predicted molar refractivity (Wildman–Crippen MR) is 104 cm³/mol. The molecule has 0 spiro atoms. The first-order valence-electron chi connectivity index (χ1n) is 9.42. The fourth-order valence-corrected chi connectivity index (χ4v) is 3.68. The number of benzene rings is 1. The zero-order valence-corrected chi connectivity index (χ0v) is 16.2. The molecule has 1 saturated heterocycles. The number of likely N-dealkylation sites (tertiary alicyclic amines) is 1. The van der Waals surface area contributed by atoms with Crippen molar-refractivity contribution in [3.8, 4) is 5.75 Å². The molecular weight excluding hydrogens is 399 g/mol. The van der Waals surface area contributed by atoms with Crippen LogP contribution in [0.5, 0.6) is 5.75 Å². The Hall–Kier alpha value is -3.30. The summed E-state index contributed by atoms with van der Waals surface area (Å²) in [4.78, 5) is 21.8. The van der Waals surface area contributed by atoms with E-state index in [0.29, 0.717) is 17.6 Å². The number of hydrogen-bond donors (Lipinski definition) is 1. The minimum atomic E-state index is -4.81. The minimum Gasteiger partial charge on any atom is -0.405 e. The zero-order valence-electron chi connectivity index (χ0n) is 16.2. The molecule has 3 heterocycles. The molecule has 1 unspecified atom stereocenters. The highest BCUT2D eigenvalue weighted by molar-refractivity contribution is 5.73. The van der Waals surface area contributed by atoms with Crippen LogP contribution in [0, 0.1) is 0 Å². The third-order valence-corrected chi connectivity index (χ3v) is 5.12. The van der Waals surface area contributed by atoms with Crippen molar-refractivity contribution < 1.29 is 17.9 Å². The van der Waals surface area contributed by atoms with Crippen LogP contribution in [0.25, 0.3) is 11.0 Å². The predicted octanol–water partition coefficient (Wildman–Crippen LogP) is 3.39. The number of para-hydroxylation sites is 1. The number of halogens is 3. The number of nitrogens with zero attached hydrogens (tertiary/aromatic N) is 4. The molecule has 1 aliphatic heterocycles. The summed E-state index contributed by atoms with van der Waals surface area (Å²) >= 11 is 0.